The molecular weight excluding hydrogens is 322 g/mol. The van der Waals surface area contributed by atoms with Gasteiger partial charge in [0, 0.05) is 29.4 Å². The summed E-state index contributed by atoms with van der Waals surface area (Å²) in [6.07, 6.45) is 1.13. The lowest BCUT2D eigenvalue weighted by atomic mass is 9.77. The van der Waals surface area contributed by atoms with Crippen molar-refractivity contribution in [2.45, 2.75) is 45.6 Å². The summed E-state index contributed by atoms with van der Waals surface area (Å²) in [7, 11) is 0. The maximum atomic E-state index is 10.9. The summed E-state index contributed by atoms with van der Waals surface area (Å²) in [6, 6.07) is 13.6. The molecule has 2 aromatic carbocycles. The fraction of sp³-hybridized carbons (Fsp3) is 0.348. The van der Waals surface area contributed by atoms with Crippen molar-refractivity contribution in [2.75, 3.05) is 11.4 Å². The third kappa shape index (κ3) is 3.60. The zero-order chi connectivity index (χ0) is 18.9. The lowest BCUT2D eigenvalue weighted by Gasteiger charge is -2.42. The number of carboxylic acid groups (broad SMARTS) is 1. The van der Waals surface area contributed by atoms with Crippen molar-refractivity contribution in [2.24, 2.45) is 0 Å². The molecule has 0 fully saturated rings. The average Bonchev–Trinajstić information content (AvgIpc) is 2.60. The normalized spacial score (nSPS) is 15.2. The highest BCUT2D eigenvalue weighted by molar-refractivity contribution is 5.87. The van der Waals surface area contributed by atoms with Gasteiger partial charge in [-0.15, -0.1) is 0 Å². The summed E-state index contributed by atoms with van der Waals surface area (Å²) in [5.41, 5.74) is 4.89. The van der Waals surface area contributed by atoms with Gasteiger partial charge < -0.3 is 10.0 Å². The van der Waals surface area contributed by atoms with Gasteiger partial charge >= 0.3 is 5.97 Å². The maximum absolute atomic E-state index is 10.9. The predicted molar refractivity (Wildman–Crippen MR) is 106 cm³/mol. The molecule has 0 amide bonds. The van der Waals surface area contributed by atoms with Gasteiger partial charge in [0.25, 0.3) is 0 Å². The number of nitrogens with zero attached hydrogens (tertiary/aromatic N) is 1. The Morgan fingerprint density at radius 3 is 2.31 bits per heavy atom. The van der Waals surface area contributed by atoms with Gasteiger partial charge in [0.05, 0.1) is 5.56 Å². The number of benzene rings is 2. The second-order valence-corrected chi connectivity index (χ2v) is 7.79. The van der Waals surface area contributed by atoms with Crippen molar-refractivity contribution in [3.8, 4) is 11.8 Å². The van der Waals surface area contributed by atoms with Crippen molar-refractivity contribution in [1.29, 1.82) is 0 Å². The van der Waals surface area contributed by atoms with Crippen LogP contribution in [0.25, 0.3) is 0 Å². The van der Waals surface area contributed by atoms with Crippen molar-refractivity contribution in [3.05, 3.63) is 64.7 Å². The smallest absolute Gasteiger partial charge is 0.335 e. The number of hydrogen-bond donors (Lipinski definition) is 1. The van der Waals surface area contributed by atoms with Gasteiger partial charge in [-0.1, -0.05) is 25.7 Å². The predicted octanol–water partition coefficient (Wildman–Crippen LogP) is 4.68. The standard InChI is InChI=1S/C23H25NO2/c1-16(2)24-14-13-23(3,4)20-15-18(9-12-21(20)24)6-5-17-7-10-19(11-8-17)22(25)26/h7-12,15-16H,13-14H2,1-4H3,(H,25,26). The molecule has 1 heterocycles. The number of carboxylic acids is 1. The number of rotatable bonds is 2. The van der Waals surface area contributed by atoms with Gasteiger partial charge in [0.2, 0.25) is 0 Å². The summed E-state index contributed by atoms with van der Waals surface area (Å²) in [5.74, 6) is 5.44. The Kier molecular flexibility index (Phi) is 4.78. The van der Waals surface area contributed by atoms with Crippen LogP contribution in [0.4, 0.5) is 5.69 Å². The van der Waals surface area contributed by atoms with Crippen LogP contribution >= 0.6 is 0 Å². The fourth-order valence-electron chi connectivity index (χ4n) is 3.44. The van der Waals surface area contributed by atoms with Gasteiger partial charge in [-0.2, -0.15) is 0 Å². The zero-order valence-electron chi connectivity index (χ0n) is 15.8. The highest BCUT2D eigenvalue weighted by Crippen LogP contribution is 2.40. The van der Waals surface area contributed by atoms with E-state index in [1.54, 1.807) is 24.3 Å². The third-order valence-corrected chi connectivity index (χ3v) is 5.12. The van der Waals surface area contributed by atoms with E-state index in [1.165, 1.54) is 11.3 Å². The number of hydrogen-bond acceptors (Lipinski definition) is 2. The largest absolute Gasteiger partial charge is 0.478 e. The Labute approximate surface area is 155 Å². The highest BCUT2D eigenvalue weighted by Gasteiger charge is 2.32. The van der Waals surface area contributed by atoms with Crippen LogP contribution in [0, 0.1) is 11.8 Å². The van der Waals surface area contributed by atoms with Crippen LogP contribution in [0.2, 0.25) is 0 Å². The van der Waals surface area contributed by atoms with E-state index in [9.17, 15) is 4.79 Å². The Morgan fingerprint density at radius 2 is 1.69 bits per heavy atom. The lowest BCUT2D eigenvalue weighted by molar-refractivity contribution is 0.0697. The average molecular weight is 347 g/mol. The molecule has 3 rings (SSSR count). The lowest BCUT2D eigenvalue weighted by Crippen LogP contribution is -2.41. The minimum Gasteiger partial charge on any atom is -0.478 e. The van der Waals surface area contributed by atoms with E-state index in [2.05, 4.69) is 62.6 Å². The van der Waals surface area contributed by atoms with E-state index in [1.807, 2.05) is 0 Å². The molecule has 3 nitrogen and oxygen atoms in total. The first-order valence-corrected chi connectivity index (χ1v) is 9.04. The Morgan fingerprint density at radius 1 is 1.08 bits per heavy atom. The van der Waals surface area contributed by atoms with Crippen molar-refractivity contribution in [1.82, 2.24) is 0 Å². The van der Waals surface area contributed by atoms with Crippen LogP contribution in [0.5, 0.6) is 0 Å². The van der Waals surface area contributed by atoms with Crippen molar-refractivity contribution >= 4 is 11.7 Å². The zero-order valence-corrected chi connectivity index (χ0v) is 15.8. The molecule has 2 aromatic rings. The summed E-state index contributed by atoms with van der Waals surface area (Å²) >= 11 is 0. The van der Waals surface area contributed by atoms with Crippen LogP contribution in [-0.2, 0) is 5.41 Å². The quantitative estimate of drug-likeness (QED) is 0.802. The molecule has 0 atom stereocenters. The molecule has 0 saturated heterocycles. The number of carbonyl (C=O) groups is 1. The molecule has 26 heavy (non-hydrogen) atoms. The SMILES string of the molecule is CC(C)N1CCC(C)(C)c2cc(C#Cc3ccc(C(=O)O)cc3)ccc21. The number of fused-ring (bicyclic) bond motifs is 1. The van der Waals surface area contributed by atoms with Crippen LogP contribution in [0.15, 0.2) is 42.5 Å². The first-order valence-electron chi connectivity index (χ1n) is 9.04. The molecule has 0 aliphatic carbocycles. The first-order chi connectivity index (χ1) is 12.3. The van der Waals surface area contributed by atoms with Gasteiger partial charge in [-0.05, 0) is 73.7 Å². The van der Waals surface area contributed by atoms with Crippen LogP contribution in [-0.4, -0.2) is 23.7 Å². The van der Waals surface area contributed by atoms with E-state index in [0.29, 0.717) is 6.04 Å². The summed E-state index contributed by atoms with van der Waals surface area (Å²) in [5, 5.41) is 8.97. The monoisotopic (exact) mass is 347 g/mol. The van der Waals surface area contributed by atoms with Crippen molar-refractivity contribution in [3.63, 3.8) is 0 Å². The van der Waals surface area contributed by atoms with Gasteiger partial charge in [-0.3, -0.25) is 0 Å². The Balaban J connectivity index is 1.93. The molecule has 134 valence electrons. The van der Waals surface area contributed by atoms with E-state index in [4.69, 9.17) is 5.11 Å². The molecule has 1 aliphatic heterocycles. The number of aromatic carboxylic acids is 1. The molecule has 0 unspecified atom stereocenters. The van der Waals surface area contributed by atoms with Gasteiger partial charge in [0.1, 0.15) is 0 Å². The highest BCUT2D eigenvalue weighted by atomic mass is 16.4. The van der Waals surface area contributed by atoms with Gasteiger partial charge in [-0.25, -0.2) is 4.79 Å². The molecule has 3 heteroatoms. The molecule has 0 radical (unpaired) electrons. The summed E-state index contributed by atoms with van der Waals surface area (Å²) < 4.78 is 0. The minimum absolute atomic E-state index is 0.140. The molecule has 1 N–H and O–H groups in total. The maximum Gasteiger partial charge on any atom is 0.335 e. The molecule has 0 aromatic heterocycles. The number of anilines is 1. The van der Waals surface area contributed by atoms with Crippen LogP contribution in [0.1, 0.15) is 61.2 Å². The van der Waals surface area contributed by atoms with E-state index in [0.717, 1.165) is 24.1 Å². The third-order valence-electron chi connectivity index (χ3n) is 5.12. The molecule has 1 aliphatic rings. The second-order valence-electron chi connectivity index (χ2n) is 7.79. The molecule has 0 spiro atoms. The van der Waals surface area contributed by atoms with E-state index < -0.39 is 5.97 Å². The van der Waals surface area contributed by atoms with Gasteiger partial charge in [0.15, 0.2) is 0 Å². The van der Waals surface area contributed by atoms with E-state index >= 15 is 0 Å². The van der Waals surface area contributed by atoms with Crippen LogP contribution in [0.3, 0.4) is 0 Å². The fourth-order valence-corrected chi connectivity index (χ4v) is 3.44. The molecular formula is C23H25NO2. The molecule has 0 bridgehead atoms. The van der Waals surface area contributed by atoms with Crippen LogP contribution < -0.4 is 4.90 Å². The Hall–Kier alpha value is -2.73. The van der Waals surface area contributed by atoms with Crippen molar-refractivity contribution < 1.29 is 9.90 Å². The topological polar surface area (TPSA) is 40.5 Å². The summed E-state index contributed by atoms with van der Waals surface area (Å²) in [6.45, 7) is 10.1. The Bertz CT molecular complexity index is 883. The first kappa shape index (κ1) is 18.1. The second kappa shape index (κ2) is 6.88. The molecule has 0 saturated carbocycles. The van der Waals surface area contributed by atoms with E-state index in [-0.39, 0.29) is 11.0 Å². The minimum atomic E-state index is -0.920. The summed E-state index contributed by atoms with van der Waals surface area (Å²) in [4.78, 5) is 13.4.